The summed E-state index contributed by atoms with van der Waals surface area (Å²) in [4.78, 5) is 15.9. The summed E-state index contributed by atoms with van der Waals surface area (Å²) < 4.78 is 12.1. The van der Waals surface area contributed by atoms with Crippen LogP contribution in [0.1, 0.15) is 26.7 Å². The van der Waals surface area contributed by atoms with Crippen LogP contribution in [0.3, 0.4) is 0 Å². The lowest BCUT2D eigenvalue weighted by molar-refractivity contribution is -0.152. The van der Waals surface area contributed by atoms with Crippen LogP contribution in [0.4, 0.5) is 0 Å². The van der Waals surface area contributed by atoms with Gasteiger partial charge in [-0.05, 0) is 25.5 Å². The molecule has 0 bridgehead atoms. The van der Waals surface area contributed by atoms with Crippen LogP contribution in [0.25, 0.3) is 5.69 Å². The van der Waals surface area contributed by atoms with Crippen molar-refractivity contribution in [2.75, 3.05) is 6.61 Å². The maximum atomic E-state index is 11.8. The normalized spacial score (nSPS) is 11.9. The first-order valence-corrected chi connectivity index (χ1v) is 7.05. The summed E-state index contributed by atoms with van der Waals surface area (Å²) in [5, 5.41) is 4.22. The highest BCUT2D eigenvalue weighted by atomic mass is 16.6. The highest BCUT2D eigenvalue weighted by Gasteiger charge is 2.22. The number of aromatic nitrogens is 3. The summed E-state index contributed by atoms with van der Waals surface area (Å²) >= 11 is 0. The summed E-state index contributed by atoms with van der Waals surface area (Å²) in [6.07, 6.45) is 2.27. The van der Waals surface area contributed by atoms with Crippen LogP contribution in [0.5, 0.6) is 6.01 Å². The van der Waals surface area contributed by atoms with E-state index in [0.717, 1.165) is 12.1 Å². The van der Waals surface area contributed by atoms with Crippen molar-refractivity contribution in [3.8, 4) is 11.7 Å². The second-order valence-corrected chi connectivity index (χ2v) is 4.45. The summed E-state index contributed by atoms with van der Waals surface area (Å²) in [6.45, 7) is 4.07. The molecule has 1 aromatic carbocycles. The van der Waals surface area contributed by atoms with E-state index in [2.05, 4.69) is 10.1 Å². The minimum Gasteiger partial charge on any atom is -0.463 e. The van der Waals surface area contributed by atoms with Crippen molar-refractivity contribution in [1.82, 2.24) is 14.8 Å². The second kappa shape index (κ2) is 7.42. The van der Waals surface area contributed by atoms with E-state index in [9.17, 15) is 4.79 Å². The lowest BCUT2D eigenvalue weighted by atomic mass is 10.2. The van der Waals surface area contributed by atoms with Crippen LogP contribution in [-0.2, 0) is 9.53 Å². The van der Waals surface area contributed by atoms with Crippen molar-refractivity contribution in [1.29, 1.82) is 0 Å². The molecule has 6 heteroatoms. The molecule has 1 unspecified atom stereocenters. The number of hydrogen-bond acceptors (Lipinski definition) is 5. The van der Waals surface area contributed by atoms with Gasteiger partial charge in [-0.25, -0.2) is 9.48 Å². The van der Waals surface area contributed by atoms with Crippen molar-refractivity contribution >= 4 is 5.97 Å². The van der Waals surface area contributed by atoms with Gasteiger partial charge in [0, 0.05) is 0 Å². The first-order valence-electron chi connectivity index (χ1n) is 7.05. The van der Waals surface area contributed by atoms with Crippen LogP contribution in [0.2, 0.25) is 0 Å². The molecule has 1 aromatic heterocycles. The molecule has 0 fully saturated rings. The fraction of sp³-hybridized carbons (Fsp3) is 0.400. The van der Waals surface area contributed by atoms with E-state index in [-0.39, 0.29) is 12.0 Å². The predicted molar refractivity (Wildman–Crippen MR) is 77.3 cm³/mol. The van der Waals surface area contributed by atoms with Gasteiger partial charge in [0.1, 0.15) is 6.33 Å². The zero-order valence-electron chi connectivity index (χ0n) is 12.2. The van der Waals surface area contributed by atoms with Crippen molar-refractivity contribution < 1.29 is 14.3 Å². The van der Waals surface area contributed by atoms with E-state index in [1.165, 1.54) is 0 Å². The zero-order valence-corrected chi connectivity index (χ0v) is 12.2. The first kappa shape index (κ1) is 15.0. The molecule has 0 spiro atoms. The first-order chi connectivity index (χ1) is 10.2. The van der Waals surface area contributed by atoms with E-state index < -0.39 is 6.10 Å². The highest BCUT2D eigenvalue weighted by Crippen LogP contribution is 2.12. The Balaban J connectivity index is 2.08. The third-order valence-corrected chi connectivity index (χ3v) is 2.84. The van der Waals surface area contributed by atoms with Gasteiger partial charge in [-0.2, -0.15) is 4.98 Å². The number of nitrogens with zero attached hydrogens (tertiary/aromatic N) is 3. The molecule has 2 rings (SSSR count). The molecule has 0 radical (unpaired) electrons. The van der Waals surface area contributed by atoms with Gasteiger partial charge in [-0.1, -0.05) is 31.5 Å². The van der Waals surface area contributed by atoms with Gasteiger partial charge < -0.3 is 9.47 Å². The van der Waals surface area contributed by atoms with Gasteiger partial charge in [-0.3, -0.25) is 0 Å². The number of esters is 1. The average molecular weight is 289 g/mol. The van der Waals surface area contributed by atoms with Crippen LogP contribution in [0.15, 0.2) is 36.7 Å². The van der Waals surface area contributed by atoms with E-state index in [0.29, 0.717) is 13.0 Å². The molecular formula is C15H19N3O3. The minimum atomic E-state index is -0.665. The maximum absolute atomic E-state index is 11.8. The van der Waals surface area contributed by atoms with Crippen molar-refractivity contribution in [2.45, 2.75) is 32.8 Å². The molecule has 0 aliphatic carbocycles. The summed E-state index contributed by atoms with van der Waals surface area (Å²) in [5.41, 5.74) is 0.878. The maximum Gasteiger partial charge on any atom is 0.347 e. The van der Waals surface area contributed by atoms with Crippen LogP contribution in [0, 0.1) is 0 Å². The standard InChI is InChI=1S/C15H19N3O3/c1-3-8-13(14(19)20-4-2)21-15-16-11-18(17-15)12-9-6-5-7-10-12/h5-7,9-11,13H,3-4,8H2,1-2H3. The molecule has 0 amide bonds. The molecule has 112 valence electrons. The quantitative estimate of drug-likeness (QED) is 0.732. The molecule has 0 aliphatic heterocycles. The molecule has 0 N–H and O–H groups in total. The Morgan fingerprint density at radius 1 is 1.29 bits per heavy atom. The fourth-order valence-electron chi connectivity index (χ4n) is 1.86. The molecule has 0 saturated carbocycles. The summed E-state index contributed by atoms with van der Waals surface area (Å²) in [6, 6.07) is 9.74. The zero-order chi connectivity index (χ0) is 15.1. The summed E-state index contributed by atoms with van der Waals surface area (Å²) in [5.74, 6) is -0.379. The monoisotopic (exact) mass is 289 g/mol. The van der Waals surface area contributed by atoms with Gasteiger partial charge in [-0.15, -0.1) is 5.10 Å². The highest BCUT2D eigenvalue weighted by molar-refractivity contribution is 5.74. The Morgan fingerprint density at radius 2 is 2.05 bits per heavy atom. The fourth-order valence-corrected chi connectivity index (χ4v) is 1.86. The number of carbonyl (C=O) groups excluding carboxylic acids is 1. The molecular weight excluding hydrogens is 270 g/mol. The molecule has 21 heavy (non-hydrogen) atoms. The van der Waals surface area contributed by atoms with Crippen molar-refractivity contribution in [2.24, 2.45) is 0 Å². The van der Waals surface area contributed by atoms with Gasteiger partial charge in [0.05, 0.1) is 12.3 Å². The minimum absolute atomic E-state index is 0.172. The van der Waals surface area contributed by atoms with Gasteiger partial charge >= 0.3 is 12.0 Å². The third-order valence-electron chi connectivity index (χ3n) is 2.84. The topological polar surface area (TPSA) is 66.2 Å². The Morgan fingerprint density at radius 3 is 2.71 bits per heavy atom. The van der Waals surface area contributed by atoms with E-state index >= 15 is 0 Å². The van der Waals surface area contributed by atoms with Crippen molar-refractivity contribution in [3.05, 3.63) is 36.7 Å². The van der Waals surface area contributed by atoms with E-state index in [4.69, 9.17) is 9.47 Å². The number of ether oxygens (including phenoxy) is 2. The summed E-state index contributed by atoms with van der Waals surface area (Å²) in [7, 11) is 0. The van der Waals surface area contributed by atoms with Crippen molar-refractivity contribution in [3.63, 3.8) is 0 Å². The number of benzene rings is 1. The van der Waals surface area contributed by atoms with Crippen LogP contribution in [-0.4, -0.2) is 33.4 Å². The Labute approximate surface area is 123 Å². The second-order valence-electron chi connectivity index (χ2n) is 4.45. The van der Waals surface area contributed by atoms with Gasteiger partial charge in [0.15, 0.2) is 6.10 Å². The number of rotatable bonds is 7. The van der Waals surface area contributed by atoms with E-state index in [1.807, 2.05) is 37.3 Å². The number of carbonyl (C=O) groups is 1. The van der Waals surface area contributed by atoms with Crippen LogP contribution < -0.4 is 4.74 Å². The van der Waals surface area contributed by atoms with E-state index in [1.54, 1.807) is 17.9 Å². The molecule has 6 nitrogen and oxygen atoms in total. The number of hydrogen-bond donors (Lipinski definition) is 0. The number of para-hydroxylation sites is 1. The Hall–Kier alpha value is -2.37. The predicted octanol–water partition coefficient (Wildman–Crippen LogP) is 2.38. The molecule has 2 aromatic rings. The molecule has 0 aliphatic rings. The SMILES string of the molecule is CCCC(Oc1ncn(-c2ccccc2)n1)C(=O)OCC. The lowest BCUT2D eigenvalue weighted by Gasteiger charge is -2.14. The molecule has 1 heterocycles. The van der Waals surface area contributed by atoms with Gasteiger partial charge in [0.2, 0.25) is 0 Å². The van der Waals surface area contributed by atoms with Gasteiger partial charge in [0.25, 0.3) is 0 Å². The molecule has 1 atom stereocenters. The molecule has 0 saturated heterocycles. The van der Waals surface area contributed by atoms with Crippen LogP contribution >= 0.6 is 0 Å². The lowest BCUT2D eigenvalue weighted by Crippen LogP contribution is -2.29. The smallest absolute Gasteiger partial charge is 0.347 e. The Kier molecular flexibility index (Phi) is 5.31. The average Bonchev–Trinajstić information content (AvgIpc) is 2.96. The largest absolute Gasteiger partial charge is 0.463 e. The third kappa shape index (κ3) is 4.05. The Bertz CT molecular complexity index is 569.